The minimum absolute atomic E-state index is 0.0000723. The summed E-state index contributed by atoms with van der Waals surface area (Å²) in [4.78, 5) is 102. The van der Waals surface area contributed by atoms with Crippen molar-refractivity contribution in [2.45, 2.75) is 163 Å². The summed E-state index contributed by atoms with van der Waals surface area (Å²) in [7, 11) is -6.51. The van der Waals surface area contributed by atoms with E-state index in [4.69, 9.17) is 0 Å². The first-order chi connectivity index (χ1) is 55.6. The van der Waals surface area contributed by atoms with Crippen molar-refractivity contribution in [1.82, 2.24) is 83.4 Å². The first kappa shape index (κ1) is 77.7. The smallest absolute Gasteiger partial charge is 0.322 e. The van der Waals surface area contributed by atoms with Crippen LogP contribution in [0.2, 0.25) is 0 Å². The number of rotatable bonds is 21. The SMILES string of the molecule is O=C1NC(=O)C(CC(=O)N2CCC(c3[nH]n(-c4nc5ccccc5[nH]4)c(=O)c3CCc3ccc(F)cc3)CC2)N1.O=c1c(CCc2ccc(F)cc2)c(C2CCN(S(=O)(=O)C3CC3)CC2)[nH]n1-c1nc2ccccc2[nH]1.O=c1c(CCc2ccc(F)cc2)c(C2CCN(S(=O)(=O)C3CCCCC3)CC2)[nH]n1-c1nc2ccccc2[nH]1. The molecule has 27 nitrogen and oxygen atoms in total. The van der Waals surface area contributed by atoms with Gasteiger partial charge in [0.15, 0.2) is 0 Å². The standard InChI is InChI=1S/C29H34FN5O3S.C28H28FN7O4.C26H28FN5O3S/c30-22-13-10-20(11-14-22)12-15-24-27(33-35(28(24)36)29-31-25-8-4-5-9-26(25)32-29)21-16-18-34(19-17-21)39(37,38)23-6-2-1-3-7-23;29-18-8-5-16(6-9-18)7-10-19-24(34-36(26(19)39)27-30-20-3-1-2-4-21(20)31-27)17-11-13-35(14-12-17)23(37)15-22-25(38)33-28(40)32-22;27-19-8-5-17(6-9-19)7-12-21-24(18-13-15-31(16-14-18)36(34,35)20-10-11-20)30-32(25(21)33)26-28-22-3-1-2-4-23(22)29-26/h4-5,8-11,13-14,21,23,33H,1-3,6-7,12,15-19H2,(H,31,32);1-6,8-9,17,22,34H,7,10-15H2,(H,30,31)(H2,32,33,38,40);1-6,8-9,18,20,30H,7,10-16H2,(H,28,29). The molecular weight excluding hydrogens is 1520 g/mol. The molecule has 6 aromatic heterocycles. The Bertz CT molecular complexity index is 5870. The Morgan fingerprint density at radius 1 is 0.400 bits per heavy atom. The van der Waals surface area contributed by atoms with Crippen molar-refractivity contribution < 1.29 is 44.4 Å². The molecule has 0 spiro atoms. The predicted molar refractivity (Wildman–Crippen MR) is 428 cm³/mol. The van der Waals surface area contributed by atoms with Crippen LogP contribution in [0.1, 0.15) is 158 Å². The van der Waals surface area contributed by atoms with Crippen LogP contribution in [0.5, 0.6) is 0 Å². The number of imide groups is 1. The number of hydrogen-bond acceptors (Lipinski definition) is 13. The van der Waals surface area contributed by atoms with Crippen LogP contribution in [0.3, 0.4) is 0 Å². The zero-order valence-corrected chi connectivity index (χ0v) is 64.9. The molecule has 4 saturated heterocycles. The second-order valence-electron chi connectivity index (χ2n) is 30.8. The van der Waals surface area contributed by atoms with E-state index < -0.39 is 38.0 Å². The van der Waals surface area contributed by atoms with Gasteiger partial charge in [-0.2, -0.15) is 14.0 Å². The van der Waals surface area contributed by atoms with Crippen molar-refractivity contribution in [3.05, 3.63) is 245 Å². The van der Waals surface area contributed by atoms with Crippen molar-refractivity contribution in [1.29, 1.82) is 0 Å². The normalized spacial score (nSPS) is 17.9. The third kappa shape index (κ3) is 17.0. The maximum absolute atomic E-state index is 13.7. The molecular formula is C83H90F3N17O10S2. The zero-order chi connectivity index (χ0) is 79.7. The number of likely N-dealkylation sites (tertiary alicyclic amines) is 1. The number of nitrogens with one attached hydrogen (secondary N) is 8. The highest BCUT2D eigenvalue weighted by Gasteiger charge is 2.43. The van der Waals surface area contributed by atoms with Crippen LogP contribution in [-0.4, -0.2) is 163 Å². The second kappa shape index (κ2) is 33.3. The average molecular weight is 1610 g/mol. The molecule has 115 heavy (non-hydrogen) atoms. The monoisotopic (exact) mass is 1610 g/mol. The molecule has 0 radical (unpaired) electrons. The number of hydrogen-bond donors (Lipinski definition) is 8. The number of nitrogens with zero attached hydrogens (tertiary/aromatic N) is 9. The predicted octanol–water partition coefficient (Wildman–Crippen LogP) is 10.7. The summed E-state index contributed by atoms with van der Waals surface area (Å²) in [5, 5.41) is 14.1. The van der Waals surface area contributed by atoms with E-state index in [1.807, 2.05) is 72.8 Å². The number of urea groups is 1. The molecule has 6 fully saturated rings. The molecule has 6 aromatic carbocycles. The molecule has 0 bridgehead atoms. The first-order valence-corrected chi connectivity index (χ1v) is 42.6. The van der Waals surface area contributed by atoms with Crippen molar-refractivity contribution in [3.63, 3.8) is 0 Å². The quantitative estimate of drug-likeness (QED) is 0.0311. The maximum Gasteiger partial charge on any atom is 0.322 e. The Labute approximate surface area is 659 Å². The number of aromatic amines is 6. The van der Waals surface area contributed by atoms with Gasteiger partial charge in [-0.15, -0.1) is 0 Å². The summed E-state index contributed by atoms with van der Waals surface area (Å²) in [6, 6.07) is 40.2. The summed E-state index contributed by atoms with van der Waals surface area (Å²) in [5.41, 5.74) is 11.5. The molecule has 12 aromatic rings. The number of aryl methyl sites for hydroxylation is 3. The van der Waals surface area contributed by atoms with Crippen LogP contribution in [0, 0.1) is 17.5 Å². The number of H-pyrrole nitrogens is 6. The molecule has 1 unspecified atom stereocenters. The largest absolute Gasteiger partial charge is 0.343 e. The number of benzene rings is 6. The van der Waals surface area contributed by atoms with Gasteiger partial charge in [0, 0.05) is 90.8 Å². The van der Waals surface area contributed by atoms with Crippen molar-refractivity contribution in [3.8, 4) is 17.8 Å². The lowest BCUT2D eigenvalue weighted by Crippen LogP contribution is -2.43. The lowest BCUT2D eigenvalue weighted by atomic mass is 9.89. The number of amides is 4. The first-order valence-electron chi connectivity index (χ1n) is 39.6. The van der Waals surface area contributed by atoms with Gasteiger partial charge in [0.05, 0.1) is 50.0 Å². The molecule has 4 amide bonds. The number of carbonyl (C=O) groups excluding carboxylic acids is 3. The fraction of sp³-hybridized carbons (Fsp3) is 0.386. The summed E-state index contributed by atoms with van der Waals surface area (Å²) in [5.74, 6) is -0.280. The third-order valence-electron chi connectivity index (χ3n) is 23.4. The van der Waals surface area contributed by atoms with Gasteiger partial charge in [-0.25, -0.2) is 58.4 Å². The highest BCUT2D eigenvalue weighted by atomic mass is 32.2. The summed E-state index contributed by atoms with van der Waals surface area (Å²) in [6.07, 6.45) is 13.0. The second-order valence-corrected chi connectivity index (χ2v) is 35.2. The van der Waals surface area contributed by atoms with Crippen LogP contribution in [0.4, 0.5) is 18.0 Å². The van der Waals surface area contributed by atoms with Crippen molar-refractivity contribution in [2.24, 2.45) is 0 Å². The molecule has 600 valence electrons. The average Bonchev–Trinajstić information content (AvgIpc) is 1.66. The van der Waals surface area contributed by atoms with Gasteiger partial charge in [0.25, 0.3) is 22.6 Å². The van der Waals surface area contributed by atoms with Crippen LogP contribution < -0.4 is 27.3 Å². The number of imidazole rings is 3. The molecule has 2 aliphatic carbocycles. The molecule has 10 heterocycles. The van der Waals surface area contributed by atoms with Crippen LogP contribution in [0.25, 0.3) is 50.9 Å². The van der Waals surface area contributed by atoms with Gasteiger partial charge in [-0.3, -0.25) is 44.6 Å². The number of halogens is 3. The van der Waals surface area contributed by atoms with E-state index in [0.29, 0.717) is 151 Å². The van der Waals surface area contributed by atoms with E-state index in [-0.39, 0.29) is 74.7 Å². The van der Waals surface area contributed by atoms with Crippen molar-refractivity contribution >= 4 is 71.0 Å². The Morgan fingerprint density at radius 2 is 0.730 bits per heavy atom. The number of aromatic nitrogens is 12. The van der Waals surface area contributed by atoms with E-state index in [1.54, 1.807) is 49.9 Å². The minimum atomic E-state index is -3.30. The van der Waals surface area contributed by atoms with E-state index >= 15 is 0 Å². The van der Waals surface area contributed by atoms with E-state index in [1.165, 1.54) is 50.4 Å². The van der Waals surface area contributed by atoms with Gasteiger partial charge < -0.3 is 25.2 Å². The lowest BCUT2D eigenvalue weighted by Gasteiger charge is -2.34. The fourth-order valence-corrected chi connectivity index (χ4v) is 20.8. The van der Waals surface area contributed by atoms with E-state index in [0.717, 1.165) is 112 Å². The zero-order valence-electron chi connectivity index (χ0n) is 63.3. The fourth-order valence-electron chi connectivity index (χ4n) is 16.8. The summed E-state index contributed by atoms with van der Waals surface area (Å²) < 4.78 is 99.8. The molecule has 4 aliphatic heterocycles. The summed E-state index contributed by atoms with van der Waals surface area (Å²) >= 11 is 0. The molecule has 18 rings (SSSR count). The summed E-state index contributed by atoms with van der Waals surface area (Å²) in [6.45, 7) is 2.75. The van der Waals surface area contributed by atoms with Gasteiger partial charge in [0.2, 0.25) is 43.8 Å². The Balaban J connectivity index is 0.000000130. The topological polar surface area (TPSA) is 353 Å². The van der Waals surface area contributed by atoms with Crippen molar-refractivity contribution in [2.75, 3.05) is 39.3 Å². The molecule has 6 aliphatic rings. The van der Waals surface area contributed by atoms with Crippen LogP contribution in [0.15, 0.2) is 160 Å². The minimum Gasteiger partial charge on any atom is -0.343 e. The van der Waals surface area contributed by atoms with E-state index in [9.17, 15) is 58.8 Å². The number of sulfonamides is 2. The molecule has 8 N–H and O–H groups in total. The van der Waals surface area contributed by atoms with Crippen LogP contribution in [-0.2, 0) is 68.2 Å². The Hall–Kier alpha value is -11.2. The van der Waals surface area contributed by atoms with Gasteiger partial charge in [-0.05, 0) is 192 Å². The van der Waals surface area contributed by atoms with E-state index in [2.05, 4.69) is 55.8 Å². The Morgan fingerprint density at radius 3 is 1.05 bits per heavy atom. The van der Waals surface area contributed by atoms with Gasteiger partial charge >= 0.3 is 6.03 Å². The van der Waals surface area contributed by atoms with Gasteiger partial charge in [0.1, 0.15) is 23.5 Å². The number of fused-ring (bicyclic) bond motifs is 3. The lowest BCUT2D eigenvalue weighted by molar-refractivity contribution is -0.134. The molecule has 1 atom stereocenters. The number of para-hydroxylation sites is 6. The highest BCUT2D eigenvalue weighted by Crippen LogP contribution is 2.38. The number of piperidine rings is 3. The number of carbonyl (C=O) groups is 3. The molecule has 2 saturated carbocycles. The highest BCUT2D eigenvalue weighted by molar-refractivity contribution is 7.90. The van der Waals surface area contributed by atoms with Crippen LogP contribution >= 0.6 is 0 Å². The third-order valence-corrected chi connectivity index (χ3v) is 28.2. The Kier molecular flexibility index (Phi) is 22.5. The maximum atomic E-state index is 13.7. The molecule has 32 heteroatoms. The van der Waals surface area contributed by atoms with Gasteiger partial charge in [-0.1, -0.05) is 92.1 Å².